The number of halogens is 3. The van der Waals surface area contributed by atoms with Crippen molar-refractivity contribution >= 4 is 5.69 Å². The Bertz CT molecular complexity index is 865. The molecular formula is C18H12F3NO. The minimum Gasteiger partial charge on any atom is -0.454 e. The van der Waals surface area contributed by atoms with Gasteiger partial charge in [0.1, 0.15) is 17.4 Å². The Kier molecular flexibility index (Phi) is 3.93. The van der Waals surface area contributed by atoms with E-state index in [2.05, 4.69) is 0 Å². The van der Waals surface area contributed by atoms with E-state index in [9.17, 15) is 13.2 Å². The first kappa shape index (κ1) is 15.0. The molecule has 5 heteroatoms. The molecule has 2 N–H and O–H groups in total. The summed E-state index contributed by atoms with van der Waals surface area (Å²) in [7, 11) is 0. The van der Waals surface area contributed by atoms with Gasteiger partial charge in [0.25, 0.3) is 0 Å². The highest BCUT2D eigenvalue weighted by atomic mass is 19.1. The normalized spacial score (nSPS) is 10.6. The fourth-order valence-corrected chi connectivity index (χ4v) is 2.20. The Balaban J connectivity index is 2.08. The molecule has 3 aromatic rings. The third-order valence-electron chi connectivity index (χ3n) is 3.28. The van der Waals surface area contributed by atoms with Crippen molar-refractivity contribution in [3.05, 3.63) is 78.1 Å². The molecule has 116 valence electrons. The lowest BCUT2D eigenvalue weighted by molar-refractivity contribution is 0.439. The monoisotopic (exact) mass is 315 g/mol. The summed E-state index contributed by atoms with van der Waals surface area (Å²) in [4.78, 5) is 0. The standard InChI is InChI=1S/C18H12F3NO/c19-11-5-7-18(16(21)9-11)23-17-8-6-12(22)10-14(17)13-3-1-2-4-15(13)20/h1-10H,22H2. The van der Waals surface area contributed by atoms with Crippen molar-refractivity contribution in [2.75, 3.05) is 5.73 Å². The lowest BCUT2D eigenvalue weighted by atomic mass is 10.0. The second kappa shape index (κ2) is 6.04. The molecule has 0 aliphatic heterocycles. The highest BCUT2D eigenvalue weighted by Crippen LogP contribution is 2.36. The summed E-state index contributed by atoms with van der Waals surface area (Å²) in [6, 6.07) is 13.7. The Morgan fingerprint density at radius 1 is 0.696 bits per heavy atom. The number of anilines is 1. The second-order valence-electron chi connectivity index (χ2n) is 4.91. The molecule has 0 bridgehead atoms. The zero-order valence-electron chi connectivity index (χ0n) is 11.9. The van der Waals surface area contributed by atoms with Crippen molar-refractivity contribution in [2.45, 2.75) is 0 Å². The van der Waals surface area contributed by atoms with E-state index in [-0.39, 0.29) is 17.1 Å². The van der Waals surface area contributed by atoms with E-state index in [1.165, 1.54) is 24.3 Å². The highest BCUT2D eigenvalue weighted by molar-refractivity contribution is 5.74. The average molecular weight is 315 g/mol. The molecule has 0 aliphatic carbocycles. The molecule has 0 amide bonds. The molecule has 3 aromatic carbocycles. The minimum atomic E-state index is -0.846. The fraction of sp³-hybridized carbons (Fsp3) is 0. The maximum absolute atomic E-state index is 14.0. The van der Waals surface area contributed by atoms with Gasteiger partial charge in [0.2, 0.25) is 0 Å². The van der Waals surface area contributed by atoms with Crippen molar-refractivity contribution in [3.63, 3.8) is 0 Å². The molecular weight excluding hydrogens is 303 g/mol. The number of benzene rings is 3. The molecule has 0 heterocycles. The summed E-state index contributed by atoms with van der Waals surface area (Å²) in [5, 5.41) is 0. The van der Waals surface area contributed by atoms with Gasteiger partial charge < -0.3 is 10.5 Å². The van der Waals surface area contributed by atoms with E-state index in [0.717, 1.165) is 12.1 Å². The first-order valence-corrected chi connectivity index (χ1v) is 6.82. The molecule has 0 aromatic heterocycles. The van der Waals surface area contributed by atoms with Crippen LogP contribution in [0, 0.1) is 17.5 Å². The van der Waals surface area contributed by atoms with Crippen molar-refractivity contribution in [2.24, 2.45) is 0 Å². The predicted molar refractivity (Wildman–Crippen MR) is 82.7 cm³/mol. The number of hydrogen-bond acceptors (Lipinski definition) is 2. The largest absolute Gasteiger partial charge is 0.454 e. The van der Waals surface area contributed by atoms with Gasteiger partial charge in [-0.15, -0.1) is 0 Å². The lowest BCUT2D eigenvalue weighted by Crippen LogP contribution is -1.95. The van der Waals surface area contributed by atoms with Crippen molar-refractivity contribution in [1.29, 1.82) is 0 Å². The molecule has 0 saturated heterocycles. The van der Waals surface area contributed by atoms with E-state index < -0.39 is 17.5 Å². The van der Waals surface area contributed by atoms with Crippen molar-refractivity contribution in [1.82, 2.24) is 0 Å². The van der Waals surface area contributed by atoms with Gasteiger partial charge in [-0.2, -0.15) is 0 Å². The van der Waals surface area contributed by atoms with E-state index in [4.69, 9.17) is 10.5 Å². The van der Waals surface area contributed by atoms with Crippen molar-refractivity contribution < 1.29 is 17.9 Å². The van der Waals surface area contributed by atoms with Gasteiger partial charge in [-0.25, -0.2) is 13.2 Å². The Morgan fingerprint density at radius 2 is 1.43 bits per heavy atom. The number of hydrogen-bond donors (Lipinski definition) is 1. The van der Waals surface area contributed by atoms with Crippen LogP contribution in [-0.2, 0) is 0 Å². The topological polar surface area (TPSA) is 35.2 Å². The summed E-state index contributed by atoms with van der Waals surface area (Å²) in [6.07, 6.45) is 0. The lowest BCUT2D eigenvalue weighted by Gasteiger charge is -2.13. The van der Waals surface area contributed by atoms with E-state index in [1.54, 1.807) is 24.3 Å². The number of nitrogens with two attached hydrogens (primary N) is 1. The molecule has 0 atom stereocenters. The third-order valence-corrected chi connectivity index (χ3v) is 3.28. The molecule has 23 heavy (non-hydrogen) atoms. The molecule has 0 radical (unpaired) electrons. The maximum atomic E-state index is 14.0. The summed E-state index contributed by atoms with van der Waals surface area (Å²) in [5.41, 5.74) is 6.83. The number of nitrogen functional groups attached to an aromatic ring is 1. The molecule has 0 fully saturated rings. The molecule has 3 rings (SSSR count). The quantitative estimate of drug-likeness (QED) is 0.679. The fourth-order valence-electron chi connectivity index (χ4n) is 2.20. The average Bonchev–Trinajstić information content (AvgIpc) is 2.52. The van der Waals surface area contributed by atoms with Crippen LogP contribution in [-0.4, -0.2) is 0 Å². The second-order valence-corrected chi connectivity index (χ2v) is 4.91. The van der Waals surface area contributed by atoms with E-state index in [0.29, 0.717) is 11.3 Å². The number of ether oxygens (including phenoxy) is 1. The van der Waals surface area contributed by atoms with Crippen LogP contribution in [0.25, 0.3) is 11.1 Å². The van der Waals surface area contributed by atoms with Gasteiger partial charge in [0.15, 0.2) is 11.6 Å². The maximum Gasteiger partial charge on any atom is 0.168 e. The van der Waals surface area contributed by atoms with Crippen LogP contribution in [0.5, 0.6) is 11.5 Å². The van der Waals surface area contributed by atoms with Gasteiger partial charge in [0.05, 0.1) is 0 Å². The first-order valence-electron chi connectivity index (χ1n) is 6.82. The van der Waals surface area contributed by atoms with E-state index >= 15 is 0 Å². The Labute approximate surface area is 130 Å². The van der Waals surface area contributed by atoms with Crippen LogP contribution in [0.2, 0.25) is 0 Å². The first-order chi connectivity index (χ1) is 11.0. The zero-order chi connectivity index (χ0) is 16.4. The van der Waals surface area contributed by atoms with Crippen LogP contribution < -0.4 is 10.5 Å². The van der Waals surface area contributed by atoms with Gasteiger partial charge in [-0.1, -0.05) is 18.2 Å². The highest BCUT2D eigenvalue weighted by Gasteiger charge is 2.14. The summed E-state index contributed by atoms with van der Waals surface area (Å²) >= 11 is 0. The molecule has 0 unspecified atom stereocenters. The summed E-state index contributed by atoms with van der Waals surface area (Å²) < 4.78 is 46.3. The van der Waals surface area contributed by atoms with E-state index in [1.807, 2.05) is 0 Å². The third kappa shape index (κ3) is 3.13. The number of rotatable bonds is 3. The summed E-state index contributed by atoms with van der Waals surface area (Å²) in [6.45, 7) is 0. The Morgan fingerprint density at radius 3 is 2.17 bits per heavy atom. The SMILES string of the molecule is Nc1ccc(Oc2ccc(F)cc2F)c(-c2ccccc2F)c1. The minimum absolute atomic E-state index is 0.159. The van der Waals surface area contributed by atoms with Gasteiger partial charge in [-0.05, 0) is 36.4 Å². The Hall–Kier alpha value is -2.95. The summed E-state index contributed by atoms with van der Waals surface area (Å²) in [5.74, 6) is -1.95. The molecule has 0 saturated carbocycles. The smallest absolute Gasteiger partial charge is 0.168 e. The molecule has 0 aliphatic rings. The van der Waals surface area contributed by atoms with Crippen LogP contribution in [0.4, 0.5) is 18.9 Å². The van der Waals surface area contributed by atoms with Crippen LogP contribution >= 0.6 is 0 Å². The van der Waals surface area contributed by atoms with Crippen molar-refractivity contribution in [3.8, 4) is 22.6 Å². The molecule has 0 spiro atoms. The van der Waals surface area contributed by atoms with Gasteiger partial charge >= 0.3 is 0 Å². The van der Waals surface area contributed by atoms with Gasteiger partial charge in [-0.3, -0.25) is 0 Å². The molecule has 2 nitrogen and oxygen atoms in total. The zero-order valence-corrected chi connectivity index (χ0v) is 11.9. The van der Waals surface area contributed by atoms with Gasteiger partial charge in [0, 0.05) is 22.9 Å². The predicted octanol–water partition coefficient (Wildman–Crippen LogP) is 5.15. The van der Waals surface area contributed by atoms with Crippen LogP contribution in [0.3, 0.4) is 0 Å². The van der Waals surface area contributed by atoms with Crippen LogP contribution in [0.15, 0.2) is 60.7 Å². The van der Waals surface area contributed by atoms with Crippen LogP contribution in [0.1, 0.15) is 0 Å².